The number of anilines is 2. The Bertz CT molecular complexity index is 1040. The van der Waals surface area contributed by atoms with E-state index in [-0.39, 0.29) is 5.82 Å². The van der Waals surface area contributed by atoms with E-state index in [1.165, 1.54) is 10.6 Å². The van der Waals surface area contributed by atoms with Crippen molar-refractivity contribution in [3.8, 4) is 0 Å². The minimum Gasteiger partial charge on any atom is -0.358 e. The van der Waals surface area contributed by atoms with E-state index in [2.05, 4.69) is 15.1 Å². The van der Waals surface area contributed by atoms with Gasteiger partial charge in [-0.2, -0.15) is 13.2 Å². The molecule has 12 heteroatoms. The zero-order valence-electron chi connectivity index (χ0n) is 15.1. The second-order valence-electron chi connectivity index (χ2n) is 6.57. The third kappa shape index (κ3) is 3.77. The number of nitrogens with zero attached hydrogens (tertiary/aromatic N) is 7. The highest BCUT2D eigenvalue weighted by Crippen LogP contribution is 2.29. The number of alkyl halides is 3. The van der Waals surface area contributed by atoms with Gasteiger partial charge in [-0.1, -0.05) is 9.61 Å². The predicted molar refractivity (Wildman–Crippen MR) is 97.9 cm³/mol. The smallest absolute Gasteiger partial charge is 0.358 e. The average Bonchev–Trinajstić information content (AvgIpc) is 2.96. The molecule has 4 rings (SSSR count). The molecule has 3 aromatic rings. The zero-order chi connectivity index (χ0) is 20.6. The molecule has 1 aliphatic heterocycles. The average molecular weight is 407 g/mol. The molecule has 3 aromatic heterocycles. The zero-order valence-corrected chi connectivity index (χ0v) is 15.1. The van der Waals surface area contributed by atoms with Gasteiger partial charge in [-0.25, -0.2) is 9.97 Å². The maximum absolute atomic E-state index is 12.7. The van der Waals surface area contributed by atoms with Crippen LogP contribution < -0.4 is 9.80 Å². The summed E-state index contributed by atoms with van der Waals surface area (Å²) in [6.07, 6.45) is -1.69. The Hall–Kier alpha value is -3.44. The number of aromatic nitrogens is 4. The van der Waals surface area contributed by atoms with Crippen molar-refractivity contribution in [1.29, 1.82) is 0 Å². The van der Waals surface area contributed by atoms with Crippen LogP contribution in [0, 0.1) is 10.1 Å². The molecule has 0 aromatic carbocycles. The number of rotatable bonds is 3. The van der Waals surface area contributed by atoms with Gasteiger partial charge in [0.2, 0.25) is 5.65 Å². The Morgan fingerprint density at radius 1 is 0.931 bits per heavy atom. The van der Waals surface area contributed by atoms with E-state index in [9.17, 15) is 23.3 Å². The van der Waals surface area contributed by atoms with Crippen LogP contribution in [0.4, 0.5) is 30.6 Å². The largest absolute Gasteiger partial charge is 0.417 e. The molecule has 0 bridgehead atoms. The predicted octanol–water partition coefficient (Wildman–Crippen LogP) is 2.77. The highest BCUT2D eigenvalue weighted by Gasteiger charge is 2.31. The molecule has 0 amide bonds. The molecule has 1 fully saturated rings. The van der Waals surface area contributed by atoms with Crippen molar-refractivity contribution in [1.82, 2.24) is 19.6 Å². The first kappa shape index (κ1) is 18.9. The number of hydrogen-bond acceptors (Lipinski definition) is 7. The van der Waals surface area contributed by atoms with Crippen molar-refractivity contribution in [2.45, 2.75) is 12.6 Å². The summed E-state index contributed by atoms with van der Waals surface area (Å²) in [4.78, 5) is 22.4. The Balaban J connectivity index is 1.51. The molecular formula is C17H16F3N7O2. The molecule has 0 spiro atoms. The number of imidazole rings is 1. The fourth-order valence-corrected chi connectivity index (χ4v) is 3.26. The number of halogens is 3. The van der Waals surface area contributed by atoms with Gasteiger partial charge in [0.15, 0.2) is 5.82 Å². The summed E-state index contributed by atoms with van der Waals surface area (Å²) >= 11 is 0. The van der Waals surface area contributed by atoms with Crippen LogP contribution in [0.25, 0.3) is 5.65 Å². The molecule has 1 aliphatic rings. The van der Waals surface area contributed by atoms with Crippen molar-refractivity contribution in [3.63, 3.8) is 0 Å². The highest BCUT2D eigenvalue weighted by molar-refractivity contribution is 5.50. The molecule has 29 heavy (non-hydrogen) atoms. The van der Waals surface area contributed by atoms with Crippen molar-refractivity contribution in [2.75, 3.05) is 36.0 Å². The molecule has 0 unspecified atom stereocenters. The lowest BCUT2D eigenvalue weighted by Crippen LogP contribution is -2.31. The van der Waals surface area contributed by atoms with Crippen LogP contribution in [0.5, 0.6) is 0 Å². The van der Waals surface area contributed by atoms with Crippen LogP contribution in [-0.4, -0.2) is 50.7 Å². The number of nitro groups is 1. The molecule has 0 saturated carbocycles. The number of pyridine rings is 1. The maximum Gasteiger partial charge on any atom is 0.417 e. The Morgan fingerprint density at radius 3 is 2.24 bits per heavy atom. The number of fused-ring (bicyclic) bond motifs is 1. The fourth-order valence-electron chi connectivity index (χ4n) is 3.26. The summed E-state index contributed by atoms with van der Waals surface area (Å²) in [5.41, 5.74) is -0.400. The van der Waals surface area contributed by atoms with Gasteiger partial charge in [-0.15, -0.1) is 0 Å². The summed E-state index contributed by atoms with van der Waals surface area (Å²) in [6, 6.07) is 5.81. The maximum atomic E-state index is 12.7. The van der Waals surface area contributed by atoms with E-state index < -0.39 is 16.7 Å². The summed E-state index contributed by atoms with van der Waals surface area (Å²) in [6.45, 7) is 2.36. The van der Waals surface area contributed by atoms with Crippen molar-refractivity contribution in [2.24, 2.45) is 0 Å². The van der Waals surface area contributed by atoms with E-state index >= 15 is 0 Å². The SMILES string of the molecule is O=[N+]([O-])c1cnc2ccc(N3CCCN(c4ccc(C(F)(F)F)cn4)CC3)nn12. The molecule has 152 valence electrons. The minimum absolute atomic E-state index is 0.216. The van der Waals surface area contributed by atoms with Gasteiger partial charge in [-0.05, 0) is 29.5 Å². The van der Waals surface area contributed by atoms with Gasteiger partial charge >= 0.3 is 12.0 Å². The topological polar surface area (TPSA) is 92.7 Å². The Morgan fingerprint density at radius 2 is 1.62 bits per heavy atom. The van der Waals surface area contributed by atoms with Gasteiger partial charge in [0.25, 0.3) is 0 Å². The van der Waals surface area contributed by atoms with Crippen LogP contribution >= 0.6 is 0 Å². The highest BCUT2D eigenvalue weighted by atomic mass is 19.4. The number of hydrogen-bond donors (Lipinski definition) is 0. The third-order valence-electron chi connectivity index (χ3n) is 4.74. The molecule has 4 heterocycles. The summed E-state index contributed by atoms with van der Waals surface area (Å²) in [5, 5.41) is 15.4. The van der Waals surface area contributed by atoms with Crippen LogP contribution in [0.3, 0.4) is 0 Å². The summed E-state index contributed by atoms with van der Waals surface area (Å²) in [5.74, 6) is 0.835. The Kier molecular flexibility index (Phi) is 4.68. The summed E-state index contributed by atoms with van der Waals surface area (Å²) in [7, 11) is 0. The summed E-state index contributed by atoms with van der Waals surface area (Å²) < 4.78 is 39.3. The van der Waals surface area contributed by atoms with E-state index in [4.69, 9.17) is 0 Å². The quantitative estimate of drug-likeness (QED) is 0.487. The first-order valence-electron chi connectivity index (χ1n) is 8.85. The fraction of sp³-hybridized carbons (Fsp3) is 0.353. The third-order valence-corrected chi connectivity index (χ3v) is 4.74. The van der Waals surface area contributed by atoms with Crippen LogP contribution in [0.1, 0.15) is 12.0 Å². The molecule has 0 aliphatic carbocycles. The van der Waals surface area contributed by atoms with Gasteiger partial charge in [0, 0.05) is 38.4 Å². The first-order chi connectivity index (χ1) is 13.8. The van der Waals surface area contributed by atoms with E-state index in [1.54, 1.807) is 12.1 Å². The molecule has 1 saturated heterocycles. The van der Waals surface area contributed by atoms with E-state index in [0.29, 0.717) is 43.5 Å². The molecule has 0 N–H and O–H groups in total. The lowest BCUT2D eigenvalue weighted by molar-refractivity contribution is -0.391. The standard InChI is InChI=1S/C17H16F3N7O2/c18-17(19,20)12-2-3-13(21-10-12)24-6-1-7-25(9-8-24)15-5-4-14-22-11-16(27(28)29)26(14)23-15/h2-5,10-11H,1,6-9H2. The molecule has 0 atom stereocenters. The van der Waals surface area contributed by atoms with Crippen LogP contribution in [0.2, 0.25) is 0 Å². The minimum atomic E-state index is -4.42. The van der Waals surface area contributed by atoms with Crippen molar-refractivity contribution >= 4 is 23.1 Å². The van der Waals surface area contributed by atoms with Crippen molar-refractivity contribution in [3.05, 3.63) is 52.3 Å². The van der Waals surface area contributed by atoms with Gasteiger partial charge in [-0.3, -0.25) is 0 Å². The monoisotopic (exact) mass is 407 g/mol. The first-order valence-corrected chi connectivity index (χ1v) is 8.85. The second-order valence-corrected chi connectivity index (χ2v) is 6.57. The molecular weight excluding hydrogens is 391 g/mol. The second kappa shape index (κ2) is 7.18. The lowest BCUT2D eigenvalue weighted by atomic mass is 10.2. The van der Waals surface area contributed by atoms with Gasteiger partial charge < -0.3 is 19.9 Å². The van der Waals surface area contributed by atoms with Gasteiger partial charge in [0.05, 0.1) is 5.56 Å². The van der Waals surface area contributed by atoms with Gasteiger partial charge in [0.1, 0.15) is 12.0 Å². The van der Waals surface area contributed by atoms with E-state index in [0.717, 1.165) is 24.9 Å². The van der Waals surface area contributed by atoms with E-state index in [1.807, 2.05) is 9.80 Å². The lowest BCUT2D eigenvalue weighted by Gasteiger charge is -2.23. The van der Waals surface area contributed by atoms with Crippen LogP contribution in [0.15, 0.2) is 36.7 Å². The molecule has 9 nitrogen and oxygen atoms in total. The molecule has 0 radical (unpaired) electrons. The van der Waals surface area contributed by atoms with Crippen LogP contribution in [-0.2, 0) is 6.18 Å². The normalized spacial score (nSPS) is 15.6. The Labute approximate surface area is 162 Å². The van der Waals surface area contributed by atoms with Crippen molar-refractivity contribution < 1.29 is 18.1 Å².